The first-order valence-electron chi connectivity index (χ1n) is 8.19. The van der Waals surface area contributed by atoms with Crippen LogP contribution < -0.4 is 11.5 Å². The Hall–Kier alpha value is -1.54. The molecule has 0 bridgehead atoms. The van der Waals surface area contributed by atoms with Crippen LogP contribution in [0.5, 0.6) is 0 Å². The maximum absolute atomic E-state index is 6.52. The van der Waals surface area contributed by atoms with Crippen LogP contribution in [0.1, 0.15) is 50.7 Å². The van der Waals surface area contributed by atoms with Crippen LogP contribution in [0.25, 0.3) is 5.57 Å². The van der Waals surface area contributed by atoms with Crippen LogP contribution in [0.4, 0.5) is 5.69 Å². The van der Waals surface area contributed by atoms with E-state index in [1.54, 1.807) is 0 Å². The van der Waals surface area contributed by atoms with E-state index in [1.165, 1.54) is 16.7 Å². The molecule has 2 unspecified atom stereocenters. The van der Waals surface area contributed by atoms with Gasteiger partial charge in [-0.2, -0.15) is 0 Å². The summed E-state index contributed by atoms with van der Waals surface area (Å²) in [6.07, 6.45) is 11.1. The van der Waals surface area contributed by atoms with Crippen LogP contribution >= 0.6 is 0 Å². The molecule has 1 aromatic rings. The maximum atomic E-state index is 6.52. The summed E-state index contributed by atoms with van der Waals surface area (Å²) < 4.78 is 0. The average Bonchev–Trinajstić information content (AvgIpc) is 2.73. The van der Waals surface area contributed by atoms with Crippen molar-refractivity contribution in [1.29, 1.82) is 0 Å². The molecule has 4 N–H and O–H groups in total. The Morgan fingerprint density at radius 1 is 1.14 bits per heavy atom. The number of fused-ring (bicyclic) bond motifs is 3. The van der Waals surface area contributed by atoms with Crippen molar-refractivity contribution in [2.24, 2.45) is 11.7 Å². The molecular weight excluding hydrogens is 256 g/mol. The third kappa shape index (κ3) is 1.96. The molecule has 3 rings (SSSR count). The summed E-state index contributed by atoms with van der Waals surface area (Å²) in [5.41, 5.74) is 18.1. The predicted octanol–water partition coefficient (Wildman–Crippen LogP) is 4.02. The molecule has 0 saturated heterocycles. The van der Waals surface area contributed by atoms with E-state index in [0.717, 1.165) is 31.4 Å². The minimum absolute atomic E-state index is 0.0925. The summed E-state index contributed by atoms with van der Waals surface area (Å²) in [4.78, 5) is 0. The number of hydrogen-bond donors (Lipinski definition) is 2. The van der Waals surface area contributed by atoms with Crippen molar-refractivity contribution < 1.29 is 0 Å². The highest BCUT2D eigenvalue weighted by Gasteiger charge is 2.51. The van der Waals surface area contributed by atoms with Gasteiger partial charge in [0.1, 0.15) is 0 Å². The molecular formula is C19H26N2. The van der Waals surface area contributed by atoms with E-state index in [1.807, 2.05) is 0 Å². The minimum atomic E-state index is 0.0925. The second-order valence-electron chi connectivity index (χ2n) is 6.49. The smallest absolute Gasteiger partial charge is 0.0358 e. The molecule has 2 atom stereocenters. The fourth-order valence-corrected chi connectivity index (χ4v) is 4.73. The summed E-state index contributed by atoms with van der Waals surface area (Å²) in [5, 5.41) is 0. The molecule has 112 valence electrons. The van der Waals surface area contributed by atoms with Crippen LogP contribution in [0.3, 0.4) is 0 Å². The van der Waals surface area contributed by atoms with E-state index in [2.05, 4.69) is 50.3 Å². The highest BCUT2D eigenvalue weighted by Crippen LogP contribution is 2.58. The van der Waals surface area contributed by atoms with Gasteiger partial charge in [0.15, 0.2) is 0 Å². The SMILES string of the molecule is CCCC1(CCC)c2c(N)cccc2C2=CC=CC(N)C21. The van der Waals surface area contributed by atoms with Gasteiger partial charge in [-0.15, -0.1) is 0 Å². The zero-order valence-electron chi connectivity index (χ0n) is 13.1. The Morgan fingerprint density at radius 2 is 1.86 bits per heavy atom. The molecule has 2 aliphatic rings. The van der Waals surface area contributed by atoms with Crippen molar-refractivity contribution >= 4 is 11.3 Å². The summed E-state index contributed by atoms with van der Waals surface area (Å²) >= 11 is 0. The van der Waals surface area contributed by atoms with E-state index >= 15 is 0 Å². The monoisotopic (exact) mass is 282 g/mol. The van der Waals surface area contributed by atoms with E-state index in [0.29, 0.717) is 5.92 Å². The Balaban J connectivity index is 2.27. The molecule has 0 heterocycles. The quantitative estimate of drug-likeness (QED) is 0.820. The van der Waals surface area contributed by atoms with Gasteiger partial charge in [0.2, 0.25) is 0 Å². The number of nitrogen functional groups attached to an aromatic ring is 1. The Labute approximate surface area is 127 Å². The molecule has 2 nitrogen and oxygen atoms in total. The molecule has 0 aromatic heterocycles. The first-order chi connectivity index (χ1) is 10.2. The lowest BCUT2D eigenvalue weighted by molar-refractivity contribution is 0.272. The Bertz CT molecular complexity index is 592. The van der Waals surface area contributed by atoms with E-state index in [9.17, 15) is 0 Å². The highest BCUT2D eigenvalue weighted by molar-refractivity contribution is 5.84. The van der Waals surface area contributed by atoms with E-state index in [4.69, 9.17) is 11.5 Å². The molecule has 21 heavy (non-hydrogen) atoms. The number of rotatable bonds is 4. The average molecular weight is 282 g/mol. The summed E-state index contributed by atoms with van der Waals surface area (Å²) in [7, 11) is 0. The van der Waals surface area contributed by atoms with Crippen LogP contribution in [0, 0.1) is 5.92 Å². The maximum Gasteiger partial charge on any atom is 0.0358 e. The van der Waals surface area contributed by atoms with Gasteiger partial charge in [-0.1, -0.05) is 57.0 Å². The molecule has 2 heteroatoms. The largest absolute Gasteiger partial charge is 0.398 e. The first-order valence-corrected chi connectivity index (χ1v) is 8.19. The van der Waals surface area contributed by atoms with Crippen molar-refractivity contribution in [3.63, 3.8) is 0 Å². The van der Waals surface area contributed by atoms with Crippen molar-refractivity contribution in [1.82, 2.24) is 0 Å². The Kier molecular flexibility index (Phi) is 3.66. The third-order valence-electron chi connectivity index (χ3n) is 5.22. The molecule has 0 saturated carbocycles. The number of benzene rings is 1. The molecule has 0 spiro atoms. The zero-order valence-corrected chi connectivity index (χ0v) is 13.1. The number of hydrogen-bond acceptors (Lipinski definition) is 2. The topological polar surface area (TPSA) is 52.0 Å². The normalized spacial score (nSPS) is 25.4. The van der Waals surface area contributed by atoms with Crippen LogP contribution in [0.2, 0.25) is 0 Å². The van der Waals surface area contributed by atoms with Gasteiger partial charge in [-0.3, -0.25) is 0 Å². The molecule has 0 aliphatic heterocycles. The second-order valence-corrected chi connectivity index (χ2v) is 6.49. The van der Waals surface area contributed by atoms with Gasteiger partial charge in [0, 0.05) is 23.1 Å². The van der Waals surface area contributed by atoms with Crippen molar-refractivity contribution in [3.05, 3.63) is 47.6 Å². The standard InChI is InChI=1S/C19H26N2/c1-3-11-19(12-4-2)17-13(7-5-9-15(17)20)14-8-6-10-16(21)18(14)19/h5-10,15,17H,3-4,11-12,20-21H2,1-2H3. The molecule has 1 aromatic carbocycles. The van der Waals surface area contributed by atoms with Gasteiger partial charge in [-0.05, 0) is 35.6 Å². The zero-order chi connectivity index (χ0) is 15.0. The minimum Gasteiger partial charge on any atom is -0.398 e. The van der Waals surface area contributed by atoms with E-state index < -0.39 is 0 Å². The number of anilines is 1. The fourth-order valence-electron chi connectivity index (χ4n) is 4.73. The Morgan fingerprint density at radius 3 is 2.52 bits per heavy atom. The third-order valence-corrected chi connectivity index (χ3v) is 5.22. The molecule has 2 aliphatic carbocycles. The number of allylic oxidation sites excluding steroid dienone is 2. The van der Waals surface area contributed by atoms with Gasteiger partial charge in [-0.25, -0.2) is 0 Å². The molecule has 0 radical (unpaired) electrons. The lowest BCUT2D eigenvalue weighted by atomic mass is 9.64. The van der Waals surface area contributed by atoms with Gasteiger partial charge in [0.25, 0.3) is 0 Å². The lowest BCUT2D eigenvalue weighted by Gasteiger charge is -2.40. The van der Waals surface area contributed by atoms with Gasteiger partial charge < -0.3 is 11.5 Å². The highest BCUT2D eigenvalue weighted by atomic mass is 14.7. The van der Waals surface area contributed by atoms with Crippen molar-refractivity contribution in [2.75, 3.05) is 5.73 Å². The second kappa shape index (κ2) is 5.34. The van der Waals surface area contributed by atoms with Gasteiger partial charge in [0.05, 0.1) is 0 Å². The summed E-state index contributed by atoms with van der Waals surface area (Å²) in [6.45, 7) is 4.53. The predicted molar refractivity (Wildman–Crippen MR) is 90.9 cm³/mol. The lowest BCUT2D eigenvalue weighted by Crippen LogP contribution is -2.43. The van der Waals surface area contributed by atoms with Crippen LogP contribution in [-0.4, -0.2) is 6.04 Å². The molecule has 0 fully saturated rings. The number of nitrogens with two attached hydrogens (primary N) is 2. The van der Waals surface area contributed by atoms with E-state index in [-0.39, 0.29) is 11.5 Å². The van der Waals surface area contributed by atoms with Crippen LogP contribution in [0.15, 0.2) is 36.4 Å². The van der Waals surface area contributed by atoms with Gasteiger partial charge >= 0.3 is 0 Å². The summed E-state index contributed by atoms with van der Waals surface area (Å²) in [5.74, 6) is 0.377. The molecule has 0 amide bonds. The van der Waals surface area contributed by atoms with Crippen molar-refractivity contribution in [3.8, 4) is 0 Å². The fraction of sp³-hybridized carbons (Fsp3) is 0.474. The first kappa shape index (κ1) is 14.4. The summed E-state index contributed by atoms with van der Waals surface area (Å²) in [6, 6.07) is 6.44. The van der Waals surface area contributed by atoms with Crippen LogP contribution in [-0.2, 0) is 5.41 Å². The van der Waals surface area contributed by atoms with Crippen molar-refractivity contribution in [2.45, 2.75) is 51.0 Å².